The monoisotopic (exact) mass is 453 g/mol. The molecule has 0 bridgehead atoms. The highest BCUT2D eigenvalue weighted by molar-refractivity contribution is 7.82. The van der Waals surface area contributed by atoms with Crippen LogP contribution in [0.25, 0.3) is 0 Å². The molecule has 8 nitrogen and oxygen atoms in total. The Labute approximate surface area is 193 Å². The van der Waals surface area contributed by atoms with Crippen LogP contribution in [0.4, 0.5) is 17.6 Å². The van der Waals surface area contributed by atoms with E-state index in [4.69, 9.17) is 26.8 Å². The zero-order valence-electron chi connectivity index (χ0n) is 18.6. The molecule has 0 amide bonds. The van der Waals surface area contributed by atoms with Crippen LogP contribution in [-0.2, 0) is 0 Å². The number of allylic oxidation sites excluding steroid dienone is 3. The summed E-state index contributed by atoms with van der Waals surface area (Å²) in [5.74, 6) is 2.61. The van der Waals surface area contributed by atoms with Gasteiger partial charge in [0.05, 0.1) is 21.3 Å². The first-order valence-corrected chi connectivity index (χ1v) is 10.8. The Kier molecular flexibility index (Phi) is 6.27. The van der Waals surface area contributed by atoms with Crippen LogP contribution in [0.1, 0.15) is 19.8 Å². The molecule has 0 saturated heterocycles. The third kappa shape index (κ3) is 4.52. The summed E-state index contributed by atoms with van der Waals surface area (Å²) in [5, 5.41) is 3.22. The van der Waals surface area contributed by atoms with Crippen LogP contribution in [-0.4, -0.2) is 47.6 Å². The number of hydrogen-bond donors (Lipinski definition) is 2. The van der Waals surface area contributed by atoms with Crippen molar-refractivity contribution in [1.29, 1.82) is 0 Å². The van der Waals surface area contributed by atoms with Gasteiger partial charge in [0.15, 0.2) is 11.5 Å². The van der Waals surface area contributed by atoms with Crippen molar-refractivity contribution in [3.05, 3.63) is 54.0 Å². The lowest BCUT2D eigenvalue weighted by Gasteiger charge is -2.29. The Bertz CT molecular complexity index is 1070. The maximum atomic E-state index is 5.43. The highest BCUT2D eigenvalue weighted by atomic mass is 32.1. The van der Waals surface area contributed by atoms with E-state index in [0.717, 1.165) is 25.1 Å². The van der Waals surface area contributed by atoms with Gasteiger partial charge in [0.25, 0.3) is 0 Å². The van der Waals surface area contributed by atoms with E-state index in [2.05, 4.69) is 56.4 Å². The second kappa shape index (κ2) is 9.12. The second-order valence-electron chi connectivity index (χ2n) is 7.71. The molecule has 4 rings (SSSR count). The molecule has 1 aromatic heterocycles. The first-order valence-electron chi connectivity index (χ1n) is 10.3. The molecule has 1 aliphatic carbocycles. The molecule has 2 aliphatic rings. The van der Waals surface area contributed by atoms with Crippen LogP contribution in [0, 0.1) is 0 Å². The Morgan fingerprint density at radius 1 is 1.03 bits per heavy atom. The molecule has 1 unspecified atom stereocenters. The molecule has 1 aliphatic heterocycles. The van der Waals surface area contributed by atoms with Gasteiger partial charge in [-0.3, -0.25) is 0 Å². The number of hydrogen-bond acceptors (Lipinski definition) is 9. The number of thiol groups is 1. The van der Waals surface area contributed by atoms with Crippen molar-refractivity contribution in [3.63, 3.8) is 0 Å². The maximum Gasteiger partial charge on any atom is 0.234 e. The van der Waals surface area contributed by atoms with Crippen LogP contribution in [0.5, 0.6) is 17.2 Å². The molecule has 9 heteroatoms. The summed E-state index contributed by atoms with van der Waals surface area (Å²) in [6.07, 6.45) is 12.0. The van der Waals surface area contributed by atoms with Gasteiger partial charge in [-0.2, -0.15) is 17.6 Å². The van der Waals surface area contributed by atoms with E-state index < -0.39 is 0 Å². The zero-order valence-corrected chi connectivity index (χ0v) is 19.5. The van der Waals surface area contributed by atoms with Crippen molar-refractivity contribution in [2.75, 3.05) is 38.1 Å². The molecular formula is C23H27N5O3S. The maximum absolute atomic E-state index is 5.43. The number of ether oxygens (including phenoxy) is 3. The van der Waals surface area contributed by atoms with E-state index in [1.54, 1.807) is 33.5 Å². The van der Waals surface area contributed by atoms with Gasteiger partial charge in [-0.05, 0) is 31.4 Å². The Morgan fingerprint density at radius 3 is 2.44 bits per heavy atom. The third-order valence-electron chi connectivity index (χ3n) is 5.37. The van der Waals surface area contributed by atoms with Gasteiger partial charge in [0.1, 0.15) is 6.33 Å². The van der Waals surface area contributed by atoms with Crippen molar-refractivity contribution in [2.45, 2.75) is 24.5 Å². The molecule has 0 spiro atoms. The van der Waals surface area contributed by atoms with Crippen molar-refractivity contribution < 1.29 is 14.2 Å². The van der Waals surface area contributed by atoms with E-state index in [0.29, 0.717) is 34.8 Å². The number of aromatic nitrogens is 3. The zero-order chi connectivity index (χ0) is 22.7. The van der Waals surface area contributed by atoms with Crippen molar-refractivity contribution >= 4 is 30.2 Å². The molecule has 0 fully saturated rings. The normalized spacial score (nSPS) is 20.0. The largest absolute Gasteiger partial charge is 0.493 e. The summed E-state index contributed by atoms with van der Waals surface area (Å²) in [6.45, 7) is 2.89. The smallest absolute Gasteiger partial charge is 0.234 e. The van der Waals surface area contributed by atoms with Gasteiger partial charge in [0, 0.05) is 34.8 Å². The summed E-state index contributed by atoms with van der Waals surface area (Å²) < 4.78 is 16.0. The number of nitrogens with one attached hydrogen (secondary N) is 1. The molecular weight excluding hydrogens is 426 g/mol. The molecule has 0 saturated carbocycles. The van der Waals surface area contributed by atoms with Crippen molar-refractivity contribution in [3.8, 4) is 17.2 Å². The van der Waals surface area contributed by atoms with Crippen molar-refractivity contribution in [1.82, 2.24) is 15.0 Å². The summed E-state index contributed by atoms with van der Waals surface area (Å²) in [6, 6.07) is 3.61. The van der Waals surface area contributed by atoms with E-state index in [1.807, 2.05) is 0 Å². The van der Waals surface area contributed by atoms with Crippen LogP contribution >= 0.6 is 12.6 Å². The summed E-state index contributed by atoms with van der Waals surface area (Å²) in [4.78, 5) is 15.5. The van der Waals surface area contributed by atoms with E-state index >= 15 is 0 Å². The quantitative estimate of drug-likeness (QED) is 0.627. The van der Waals surface area contributed by atoms with Crippen LogP contribution in [0.3, 0.4) is 0 Å². The Hall–Kier alpha value is -3.20. The number of methoxy groups -OCH3 is 3. The van der Waals surface area contributed by atoms with Gasteiger partial charge in [0.2, 0.25) is 17.6 Å². The fraction of sp³-hybridized carbons (Fsp3) is 0.348. The predicted octanol–water partition coefficient (Wildman–Crippen LogP) is 4.31. The SMILES string of the molecule is COc1cc(Nc2ncnc(N3CCCC4=C3C=CC(C)(S)C=C4)n2)cc(OC)c1OC. The predicted molar refractivity (Wildman–Crippen MR) is 128 cm³/mol. The van der Waals surface area contributed by atoms with Crippen LogP contribution in [0.2, 0.25) is 0 Å². The minimum Gasteiger partial charge on any atom is -0.493 e. The topological polar surface area (TPSA) is 81.6 Å². The van der Waals surface area contributed by atoms with Gasteiger partial charge < -0.3 is 24.4 Å². The molecule has 1 N–H and O–H groups in total. The van der Waals surface area contributed by atoms with Crippen molar-refractivity contribution in [2.24, 2.45) is 0 Å². The standard InChI is InChI=1S/C23H27N5O3S/c1-23(32)9-7-15-6-5-11-28(17(15)8-10-23)22-25-14-24-21(27-22)26-16-12-18(29-2)20(31-4)19(13-16)30-3/h7-10,12-14,32H,5-6,11H2,1-4H3,(H,24,25,26,27). The number of benzene rings is 1. The lowest BCUT2D eigenvalue weighted by atomic mass is 10.0. The molecule has 2 aromatic rings. The highest BCUT2D eigenvalue weighted by Crippen LogP contribution is 2.40. The Balaban J connectivity index is 1.64. The van der Waals surface area contributed by atoms with Gasteiger partial charge >= 0.3 is 0 Å². The fourth-order valence-electron chi connectivity index (χ4n) is 3.76. The molecule has 0 radical (unpaired) electrons. The summed E-state index contributed by atoms with van der Waals surface area (Å²) >= 11 is 4.70. The lowest BCUT2D eigenvalue weighted by molar-refractivity contribution is 0.324. The first-order chi connectivity index (χ1) is 15.4. The van der Waals surface area contributed by atoms with Gasteiger partial charge in [-0.25, -0.2) is 9.97 Å². The molecule has 168 valence electrons. The van der Waals surface area contributed by atoms with E-state index in [-0.39, 0.29) is 4.75 Å². The third-order valence-corrected chi connectivity index (χ3v) is 5.67. The number of rotatable bonds is 6. The molecule has 2 heterocycles. The van der Waals surface area contributed by atoms with Crippen LogP contribution < -0.4 is 24.4 Å². The van der Waals surface area contributed by atoms with Gasteiger partial charge in [-0.1, -0.05) is 18.2 Å². The minimum atomic E-state index is -0.290. The Morgan fingerprint density at radius 2 is 1.75 bits per heavy atom. The molecule has 32 heavy (non-hydrogen) atoms. The van der Waals surface area contributed by atoms with Crippen LogP contribution in [0.15, 0.2) is 54.0 Å². The molecule has 1 aromatic carbocycles. The summed E-state index contributed by atoms with van der Waals surface area (Å²) in [5.41, 5.74) is 3.05. The van der Waals surface area contributed by atoms with E-state index in [9.17, 15) is 0 Å². The number of anilines is 3. The highest BCUT2D eigenvalue weighted by Gasteiger charge is 2.24. The lowest BCUT2D eigenvalue weighted by Crippen LogP contribution is -2.29. The average molecular weight is 454 g/mol. The second-order valence-corrected chi connectivity index (χ2v) is 8.67. The molecule has 1 atom stereocenters. The number of nitrogens with zero attached hydrogens (tertiary/aromatic N) is 4. The van der Waals surface area contributed by atoms with Gasteiger partial charge in [-0.15, -0.1) is 0 Å². The first kappa shape index (κ1) is 22.0. The fourth-order valence-corrected chi connectivity index (χ4v) is 3.90. The summed E-state index contributed by atoms with van der Waals surface area (Å²) in [7, 11) is 4.73. The average Bonchev–Trinajstić information content (AvgIpc) is 2.96. The minimum absolute atomic E-state index is 0.290. The van der Waals surface area contributed by atoms with E-state index in [1.165, 1.54) is 11.9 Å².